The fourth-order valence-electron chi connectivity index (χ4n) is 2.74. The molecule has 1 fully saturated rings. The summed E-state index contributed by atoms with van der Waals surface area (Å²) in [7, 11) is 2.00. The predicted molar refractivity (Wildman–Crippen MR) is 98.2 cm³/mol. The average molecular weight is 362 g/mol. The van der Waals surface area contributed by atoms with Gasteiger partial charge in [0, 0.05) is 26.7 Å². The zero-order valence-corrected chi connectivity index (χ0v) is 14.9. The quantitative estimate of drug-likeness (QED) is 0.693. The number of aryl methyl sites for hydroxylation is 1. The van der Waals surface area contributed by atoms with Crippen LogP contribution in [-0.4, -0.2) is 40.8 Å². The highest BCUT2D eigenvalue weighted by molar-refractivity contribution is 6.30. The van der Waals surface area contributed by atoms with Gasteiger partial charge in [-0.1, -0.05) is 29.8 Å². The zero-order valence-electron chi connectivity index (χ0n) is 14.2. The Morgan fingerprint density at radius 2 is 1.92 bits per heavy atom. The molecule has 0 bridgehead atoms. The summed E-state index contributed by atoms with van der Waals surface area (Å²) in [6.45, 7) is 4.10. The molecule has 1 aliphatic rings. The lowest BCUT2D eigenvalue weighted by Crippen LogP contribution is -2.35. The van der Waals surface area contributed by atoms with Crippen molar-refractivity contribution in [3.8, 4) is 0 Å². The van der Waals surface area contributed by atoms with Gasteiger partial charge in [-0.05, 0) is 29.8 Å². The van der Waals surface area contributed by atoms with Crippen LogP contribution < -0.4 is 0 Å². The second kappa shape index (κ2) is 8.43. The third-order valence-corrected chi connectivity index (χ3v) is 4.43. The molecule has 0 atom stereocenters. The molecule has 4 rings (SSSR count). The zero-order chi connectivity index (χ0) is 17.6. The molecule has 0 aliphatic carbocycles. The molecule has 0 radical (unpaired) electrons. The van der Waals surface area contributed by atoms with Gasteiger partial charge in [-0.2, -0.15) is 0 Å². The third kappa shape index (κ3) is 4.78. The van der Waals surface area contributed by atoms with E-state index in [1.807, 2.05) is 42.2 Å². The van der Waals surface area contributed by atoms with Gasteiger partial charge in [0.1, 0.15) is 5.82 Å². The Kier molecular flexibility index (Phi) is 6.02. The van der Waals surface area contributed by atoms with Crippen LogP contribution in [0.4, 0.5) is 4.39 Å². The minimum atomic E-state index is -0.345. The number of ether oxygens (including phenoxy) is 1. The van der Waals surface area contributed by atoms with Crippen LogP contribution in [-0.2, 0) is 18.3 Å². The highest BCUT2D eigenvalue weighted by Gasteiger charge is 2.11. The van der Waals surface area contributed by atoms with Gasteiger partial charge in [-0.25, -0.2) is 9.37 Å². The Labute approximate surface area is 151 Å². The summed E-state index contributed by atoms with van der Waals surface area (Å²) < 4.78 is 20.4. The number of benzene rings is 2. The van der Waals surface area contributed by atoms with Gasteiger partial charge < -0.3 is 9.30 Å². The molecule has 2 aromatic carbocycles. The largest absolute Gasteiger partial charge is 0.379 e. The van der Waals surface area contributed by atoms with Gasteiger partial charge in [0.2, 0.25) is 0 Å². The molecule has 0 unspecified atom stereocenters. The van der Waals surface area contributed by atoms with E-state index in [0.717, 1.165) is 43.9 Å². The van der Waals surface area contributed by atoms with Crippen LogP contribution in [0.3, 0.4) is 0 Å². The van der Waals surface area contributed by atoms with Crippen LogP contribution in [0.5, 0.6) is 0 Å². The SMILES string of the molecule is Cn1cnc2ccccc21.Fc1cc(CN2CCOCC2)ccc1Cl. The Balaban J connectivity index is 0.000000157. The van der Waals surface area contributed by atoms with Gasteiger partial charge in [0.05, 0.1) is 35.6 Å². The summed E-state index contributed by atoms with van der Waals surface area (Å²) in [4.78, 5) is 6.42. The molecule has 0 N–H and O–H groups in total. The van der Waals surface area contributed by atoms with E-state index in [9.17, 15) is 4.39 Å². The van der Waals surface area contributed by atoms with E-state index in [0.29, 0.717) is 0 Å². The van der Waals surface area contributed by atoms with Crippen molar-refractivity contribution < 1.29 is 9.13 Å². The van der Waals surface area contributed by atoms with E-state index >= 15 is 0 Å². The first kappa shape index (κ1) is 17.9. The number of imidazole rings is 1. The number of fused-ring (bicyclic) bond motifs is 1. The van der Waals surface area contributed by atoms with Crippen molar-refractivity contribution in [3.63, 3.8) is 0 Å². The Morgan fingerprint density at radius 1 is 1.16 bits per heavy atom. The third-order valence-electron chi connectivity index (χ3n) is 4.13. The summed E-state index contributed by atoms with van der Waals surface area (Å²) in [6, 6.07) is 13.0. The molecular weight excluding hydrogens is 341 g/mol. The highest BCUT2D eigenvalue weighted by atomic mass is 35.5. The van der Waals surface area contributed by atoms with Crippen molar-refractivity contribution in [3.05, 3.63) is 65.2 Å². The van der Waals surface area contributed by atoms with Crippen LogP contribution in [0.25, 0.3) is 11.0 Å². The second-order valence-electron chi connectivity index (χ2n) is 5.98. The van der Waals surface area contributed by atoms with E-state index < -0.39 is 0 Å². The van der Waals surface area contributed by atoms with Gasteiger partial charge in [0.15, 0.2) is 0 Å². The van der Waals surface area contributed by atoms with Crippen LogP contribution in [0.15, 0.2) is 48.8 Å². The molecule has 0 saturated carbocycles. The number of hydrogen-bond acceptors (Lipinski definition) is 3. The van der Waals surface area contributed by atoms with Crippen LogP contribution in [0.2, 0.25) is 5.02 Å². The molecule has 1 saturated heterocycles. The smallest absolute Gasteiger partial charge is 0.142 e. The van der Waals surface area contributed by atoms with E-state index in [4.69, 9.17) is 16.3 Å². The van der Waals surface area contributed by atoms with E-state index in [1.165, 1.54) is 11.6 Å². The van der Waals surface area contributed by atoms with Gasteiger partial charge in [0.25, 0.3) is 0 Å². The first-order valence-corrected chi connectivity index (χ1v) is 8.61. The van der Waals surface area contributed by atoms with Crippen molar-refractivity contribution in [1.82, 2.24) is 14.5 Å². The number of morpholine rings is 1. The number of halogens is 2. The molecule has 1 aliphatic heterocycles. The number of nitrogens with zero attached hydrogens (tertiary/aromatic N) is 3. The van der Waals surface area contributed by atoms with Crippen molar-refractivity contribution in [2.24, 2.45) is 7.05 Å². The first-order chi connectivity index (χ1) is 12.1. The summed E-state index contributed by atoms with van der Waals surface area (Å²) >= 11 is 5.61. The van der Waals surface area contributed by atoms with Crippen LogP contribution in [0, 0.1) is 5.82 Å². The van der Waals surface area contributed by atoms with E-state index in [2.05, 4.69) is 16.0 Å². The molecule has 25 heavy (non-hydrogen) atoms. The maximum atomic E-state index is 13.2. The second-order valence-corrected chi connectivity index (χ2v) is 6.39. The summed E-state index contributed by atoms with van der Waals surface area (Å²) in [6.07, 6.45) is 1.82. The number of hydrogen-bond donors (Lipinski definition) is 0. The molecular formula is C19H21ClFN3O. The predicted octanol–water partition coefficient (Wildman–Crippen LogP) is 3.88. The number of para-hydroxylation sites is 2. The summed E-state index contributed by atoms with van der Waals surface area (Å²) in [5.74, 6) is -0.345. The van der Waals surface area contributed by atoms with Crippen LogP contribution >= 0.6 is 11.6 Å². The van der Waals surface area contributed by atoms with Crippen molar-refractivity contribution in [2.45, 2.75) is 6.54 Å². The summed E-state index contributed by atoms with van der Waals surface area (Å²) in [5.41, 5.74) is 3.20. The normalized spacial score (nSPS) is 15.0. The van der Waals surface area contributed by atoms with Crippen molar-refractivity contribution in [1.29, 1.82) is 0 Å². The Bertz CT molecular complexity index is 830. The molecule has 0 spiro atoms. The van der Waals surface area contributed by atoms with Crippen molar-refractivity contribution >= 4 is 22.6 Å². The van der Waals surface area contributed by atoms with E-state index in [-0.39, 0.29) is 10.8 Å². The Hall–Kier alpha value is -1.95. The molecule has 0 amide bonds. The number of aromatic nitrogens is 2. The summed E-state index contributed by atoms with van der Waals surface area (Å²) in [5, 5.41) is 0.181. The lowest BCUT2D eigenvalue weighted by molar-refractivity contribution is 0.0341. The molecule has 3 aromatic rings. The maximum Gasteiger partial charge on any atom is 0.142 e. The van der Waals surface area contributed by atoms with E-state index in [1.54, 1.807) is 6.07 Å². The van der Waals surface area contributed by atoms with Gasteiger partial charge in [-0.15, -0.1) is 0 Å². The monoisotopic (exact) mass is 361 g/mol. The van der Waals surface area contributed by atoms with Crippen LogP contribution in [0.1, 0.15) is 5.56 Å². The minimum absolute atomic E-state index is 0.181. The van der Waals surface area contributed by atoms with Gasteiger partial charge in [-0.3, -0.25) is 4.90 Å². The standard InChI is InChI=1S/C11H13ClFNO.C8H8N2/c12-10-2-1-9(7-11(10)13)8-14-3-5-15-6-4-14;1-10-6-9-7-4-2-3-5-8(7)10/h1-2,7H,3-6,8H2;2-6H,1H3. The fraction of sp³-hybridized carbons (Fsp3) is 0.316. The first-order valence-electron chi connectivity index (χ1n) is 8.23. The average Bonchev–Trinajstić information content (AvgIpc) is 3.01. The molecule has 1 aromatic heterocycles. The molecule has 6 heteroatoms. The lowest BCUT2D eigenvalue weighted by atomic mass is 10.2. The van der Waals surface area contributed by atoms with Crippen molar-refractivity contribution in [2.75, 3.05) is 26.3 Å². The minimum Gasteiger partial charge on any atom is -0.379 e. The maximum absolute atomic E-state index is 13.2. The number of rotatable bonds is 2. The fourth-order valence-corrected chi connectivity index (χ4v) is 2.86. The Morgan fingerprint density at radius 3 is 2.64 bits per heavy atom. The highest BCUT2D eigenvalue weighted by Crippen LogP contribution is 2.17. The molecule has 132 valence electrons. The van der Waals surface area contributed by atoms with Gasteiger partial charge >= 0.3 is 0 Å². The topological polar surface area (TPSA) is 30.3 Å². The lowest BCUT2D eigenvalue weighted by Gasteiger charge is -2.26. The molecule has 2 heterocycles. The molecule has 4 nitrogen and oxygen atoms in total.